The van der Waals surface area contributed by atoms with Crippen LogP contribution >= 0.6 is 15.8 Å². The Morgan fingerprint density at radius 3 is 0.788 bits per heavy atom. The van der Waals surface area contributed by atoms with Gasteiger partial charge in [-0.2, -0.15) is 0 Å². The van der Waals surface area contributed by atoms with Crippen LogP contribution in [0.1, 0.15) is 0 Å². The Hall–Kier alpha value is -1.07. The van der Waals surface area contributed by atoms with Gasteiger partial charge in [0.2, 0.25) is 0 Å². The van der Waals surface area contributed by atoms with Crippen LogP contribution < -0.4 is 21.2 Å². The van der Waals surface area contributed by atoms with Crippen LogP contribution in [0.2, 0.25) is 0 Å². The second-order valence-electron chi connectivity index (χ2n) is 7.42. The fourth-order valence-corrected chi connectivity index (χ4v) is 9.92. The first-order chi connectivity index (χ1) is 15.8. The molecule has 33 heavy (non-hydrogen) atoms. The topological polar surface area (TPSA) is 0 Å². The predicted octanol–water partition coefficient (Wildman–Crippen LogP) is 3.72. The van der Waals surface area contributed by atoms with Gasteiger partial charge in [-0.05, 0) is 73.8 Å². The summed E-state index contributed by atoms with van der Waals surface area (Å²) in [6, 6.07) is 43.4. The van der Waals surface area contributed by atoms with Crippen molar-refractivity contribution in [1.82, 2.24) is 0 Å². The molecule has 0 saturated carbocycles. The molecule has 4 rings (SSSR count). The van der Waals surface area contributed by atoms with Crippen LogP contribution in [0.25, 0.3) is 0 Å². The Bertz CT molecular complexity index is 839. The van der Waals surface area contributed by atoms with Gasteiger partial charge in [-0.1, -0.05) is 72.8 Å². The van der Waals surface area contributed by atoms with E-state index in [4.69, 9.17) is 0 Å². The number of rotatable bonds is 8. The van der Waals surface area contributed by atoms with Crippen molar-refractivity contribution in [3.05, 3.63) is 121 Å². The Morgan fingerprint density at radius 2 is 0.606 bits per heavy atom. The van der Waals surface area contributed by atoms with Crippen LogP contribution in [-0.2, 0) is 41.7 Å². The van der Waals surface area contributed by atoms with Crippen molar-refractivity contribution in [3.63, 3.8) is 0 Å². The number of benzene rings is 4. The maximum absolute atomic E-state index is 3.62. The summed E-state index contributed by atoms with van der Waals surface area (Å²) < 4.78 is 0. The van der Waals surface area contributed by atoms with Crippen molar-refractivity contribution in [2.75, 3.05) is 23.8 Å². The molecule has 4 aromatic rings. The summed E-state index contributed by atoms with van der Waals surface area (Å²) in [4.78, 5) is 0. The Balaban J connectivity index is 0.000000227. The summed E-state index contributed by atoms with van der Waals surface area (Å²) in [5, 5.41) is 5.99. The van der Waals surface area contributed by atoms with Crippen molar-refractivity contribution in [3.8, 4) is 0 Å². The van der Waals surface area contributed by atoms with Crippen LogP contribution in [0.4, 0.5) is 0 Å². The molecule has 0 radical (unpaired) electrons. The van der Waals surface area contributed by atoms with Crippen molar-refractivity contribution < 1.29 is 16.5 Å². The quantitative estimate of drug-likeness (QED) is 0.177. The Kier molecular flexibility index (Phi) is 14.1. The van der Waals surface area contributed by atoms with Gasteiger partial charge in [-0.3, -0.25) is 0 Å². The molecule has 5 heteroatoms. The molecule has 0 heterocycles. The summed E-state index contributed by atoms with van der Waals surface area (Å²) in [5.74, 6) is 2.14. The van der Waals surface area contributed by atoms with Gasteiger partial charge >= 0.3 is 16.5 Å². The first-order valence-electron chi connectivity index (χ1n) is 11.1. The standard InChI is InChI=1S/2C14H15PS.Ni/c2*16-12-11-15(13-7-3-1-4-8-13)14-9-5-2-6-10-14;/h2*1-10,16H,11-12H2;/q;;+2/p+4. The Labute approximate surface area is 222 Å². The van der Waals surface area contributed by atoms with Gasteiger partial charge in [-0.15, -0.1) is 0 Å². The van der Waals surface area contributed by atoms with Gasteiger partial charge in [-0.25, -0.2) is 0 Å². The van der Waals surface area contributed by atoms with Gasteiger partial charge in [0.15, 0.2) is 0 Å². The summed E-state index contributed by atoms with van der Waals surface area (Å²) in [6.07, 6.45) is 2.46. The zero-order chi connectivity index (χ0) is 22.4. The van der Waals surface area contributed by atoms with E-state index in [0.717, 1.165) is 11.5 Å². The van der Waals surface area contributed by atoms with E-state index in [0.29, 0.717) is 0 Å². The molecule has 0 amide bonds. The van der Waals surface area contributed by atoms with Crippen molar-refractivity contribution >= 4 is 62.3 Å². The zero-order valence-electron chi connectivity index (χ0n) is 18.7. The summed E-state index contributed by atoms with van der Waals surface area (Å²) in [6.45, 7) is 0. The maximum Gasteiger partial charge on any atom is 2.00 e. The van der Waals surface area contributed by atoms with Gasteiger partial charge in [0.25, 0.3) is 0 Å². The average molecular weight is 555 g/mol. The van der Waals surface area contributed by atoms with Crippen LogP contribution in [0.15, 0.2) is 121 Å². The minimum atomic E-state index is -0.599. The molecule has 0 N–H and O–H groups in total. The first kappa shape index (κ1) is 28.2. The Morgan fingerprint density at radius 1 is 0.394 bits per heavy atom. The SMILES string of the molecule is [Ni+2].[SH2+]CC[PH+](c1ccccc1)c1ccccc1.[SH2+]CC[PH+](c1ccccc1)c1ccccc1. The number of hydrogen-bond donors (Lipinski definition) is 0. The van der Waals surface area contributed by atoms with E-state index in [1.54, 1.807) is 0 Å². The molecule has 0 unspecified atom stereocenters. The average Bonchev–Trinajstić information content (AvgIpc) is 2.88. The van der Waals surface area contributed by atoms with E-state index in [-0.39, 0.29) is 16.5 Å². The van der Waals surface area contributed by atoms with E-state index >= 15 is 0 Å². The van der Waals surface area contributed by atoms with Crippen LogP contribution in [0.5, 0.6) is 0 Å². The molecule has 0 nitrogen and oxygen atoms in total. The van der Waals surface area contributed by atoms with E-state index in [1.165, 1.54) is 33.5 Å². The normalized spacial score (nSPS) is 10.3. The largest absolute Gasteiger partial charge is 2.00 e. The van der Waals surface area contributed by atoms with Crippen molar-refractivity contribution in [1.29, 1.82) is 0 Å². The van der Waals surface area contributed by atoms with Crippen LogP contribution in [-0.4, -0.2) is 23.8 Å². The third-order valence-electron chi connectivity index (χ3n) is 5.24. The van der Waals surface area contributed by atoms with Crippen LogP contribution in [0.3, 0.4) is 0 Å². The van der Waals surface area contributed by atoms with Gasteiger partial charge < -0.3 is 0 Å². The van der Waals surface area contributed by atoms with E-state index < -0.39 is 15.8 Å². The number of hydrogen-bond acceptors (Lipinski definition) is 0. The van der Waals surface area contributed by atoms with Gasteiger partial charge in [0.1, 0.15) is 23.8 Å². The molecule has 0 aliphatic carbocycles. The molecule has 0 bridgehead atoms. The second-order valence-corrected chi connectivity index (χ2v) is 13.6. The zero-order valence-corrected chi connectivity index (χ0v) is 23.7. The van der Waals surface area contributed by atoms with Crippen molar-refractivity contribution in [2.45, 2.75) is 0 Å². The molecule has 172 valence electrons. The second kappa shape index (κ2) is 16.5. The third kappa shape index (κ3) is 9.24. The van der Waals surface area contributed by atoms with Crippen molar-refractivity contribution in [2.24, 2.45) is 0 Å². The smallest absolute Gasteiger partial charge is 0.0620 e. The maximum atomic E-state index is 3.62. The minimum absolute atomic E-state index is 0. The van der Waals surface area contributed by atoms with Gasteiger partial charge in [0.05, 0.1) is 37.1 Å². The monoisotopic (exact) mass is 554 g/mol. The molecule has 0 aliphatic heterocycles. The minimum Gasteiger partial charge on any atom is -0.0620 e. The van der Waals surface area contributed by atoms with Crippen LogP contribution in [0, 0.1) is 0 Å². The predicted molar refractivity (Wildman–Crippen MR) is 161 cm³/mol. The molecular weight excluding hydrogens is 521 g/mol. The molecule has 0 saturated heterocycles. The molecule has 0 spiro atoms. The fraction of sp³-hybridized carbons (Fsp3) is 0.143. The molecule has 0 fully saturated rings. The first-order valence-corrected chi connectivity index (χ1v) is 15.9. The summed E-state index contributed by atoms with van der Waals surface area (Å²) in [7, 11) is -1.20. The van der Waals surface area contributed by atoms with E-state index in [9.17, 15) is 0 Å². The summed E-state index contributed by atoms with van der Waals surface area (Å²) in [5.41, 5.74) is 0. The molecule has 0 aliphatic rings. The third-order valence-corrected chi connectivity index (χ3v) is 12.4. The van der Waals surface area contributed by atoms with Gasteiger partial charge in [0, 0.05) is 0 Å². The molecule has 0 aromatic heterocycles. The van der Waals surface area contributed by atoms with E-state index in [2.05, 4.69) is 147 Å². The molecule has 0 atom stereocenters. The fourth-order valence-electron chi connectivity index (χ4n) is 3.72. The molecule has 4 aromatic carbocycles. The van der Waals surface area contributed by atoms with E-state index in [1.807, 2.05) is 0 Å². The molecular formula is C28H34NiP2S2+6. The summed E-state index contributed by atoms with van der Waals surface area (Å²) >= 11 is 7.24.